The van der Waals surface area contributed by atoms with Crippen molar-refractivity contribution in [3.05, 3.63) is 79.4 Å². The largest absolute Gasteiger partial charge is 0.495 e. The van der Waals surface area contributed by atoms with Crippen LogP contribution < -0.4 is 15.0 Å². The van der Waals surface area contributed by atoms with Crippen molar-refractivity contribution in [1.29, 1.82) is 0 Å². The Labute approximate surface area is 208 Å². The fraction of sp³-hybridized carbons (Fsp3) is 0.400. The maximum atomic E-state index is 13.1. The zero-order chi connectivity index (χ0) is 24.9. The van der Waals surface area contributed by atoms with Gasteiger partial charge in [0, 0.05) is 43.3 Å². The highest BCUT2D eigenvalue weighted by Gasteiger charge is 2.41. The van der Waals surface area contributed by atoms with Crippen molar-refractivity contribution in [2.45, 2.75) is 19.8 Å². The highest BCUT2D eigenvalue weighted by Crippen LogP contribution is 2.40. The molecule has 0 spiro atoms. The third kappa shape index (κ3) is 5.33. The van der Waals surface area contributed by atoms with Crippen molar-refractivity contribution in [2.24, 2.45) is 0 Å². The molecule has 1 aromatic carbocycles. The summed E-state index contributed by atoms with van der Waals surface area (Å²) in [5, 5.41) is 16.7. The van der Waals surface area contributed by atoms with Crippen LogP contribution in [0.15, 0.2) is 64.4 Å². The van der Waals surface area contributed by atoms with E-state index < -0.39 is 16.8 Å². The number of nitrogens with one attached hydrogen (secondary N) is 1. The fourth-order valence-electron chi connectivity index (χ4n) is 4.68. The SMILES string of the molecule is COc1ccccc1N1CCN(CCOC(=O)C2=C(C)NC(C)=C([N+](=O)[O-])C2c2cccs2)CC1. The van der Waals surface area contributed by atoms with E-state index in [1.54, 1.807) is 21.0 Å². The molecule has 0 bridgehead atoms. The van der Waals surface area contributed by atoms with Crippen molar-refractivity contribution in [3.63, 3.8) is 0 Å². The molecule has 9 nitrogen and oxygen atoms in total. The number of thiophene rings is 1. The molecule has 10 heteroatoms. The number of ether oxygens (including phenoxy) is 2. The Morgan fingerprint density at radius 3 is 2.54 bits per heavy atom. The molecule has 0 aliphatic carbocycles. The molecule has 2 aliphatic heterocycles. The number of para-hydroxylation sites is 2. The number of anilines is 1. The molecule has 4 rings (SSSR count). The first-order valence-corrected chi connectivity index (χ1v) is 12.4. The predicted molar refractivity (Wildman–Crippen MR) is 135 cm³/mol. The first-order chi connectivity index (χ1) is 16.9. The Morgan fingerprint density at radius 2 is 1.89 bits per heavy atom. The molecule has 1 saturated heterocycles. The molecule has 1 unspecified atom stereocenters. The van der Waals surface area contributed by atoms with Gasteiger partial charge < -0.3 is 19.7 Å². The van der Waals surface area contributed by atoms with Crippen LogP contribution in [0.2, 0.25) is 0 Å². The standard InChI is InChI=1S/C25H30N4O5S/c1-17-22(23(21-9-6-16-35-21)24(29(31)32)18(2)26-17)25(30)34-15-14-27-10-12-28(13-11-27)19-7-4-5-8-20(19)33-3/h4-9,16,23,26H,10-15H2,1-3H3. The Hall–Kier alpha value is -3.37. The summed E-state index contributed by atoms with van der Waals surface area (Å²) in [6.07, 6.45) is 0. The number of hydrogen-bond donors (Lipinski definition) is 1. The number of nitrogens with zero attached hydrogens (tertiary/aromatic N) is 3. The summed E-state index contributed by atoms with van der Waals surface area (Å²) in [5.74, 6) is -0.408. The highest BCUT2D eigenvalue weighted by atomic mass is 32.1. The van der Waals surface area contributed by atoms with E-state index in [2.05, 4.69) is 21.2 Å². The molecule has 0 saturated carbocycles. The van der Waals surface area contributed by atoms with Crippen LogP contribution in [-0.4, -0.2) is 62.2 Å². The molecule has 1 N–H and O–H groups in total. The van der Waals surface area contributed by atoms with Gasteiger partial charge in [-0.25, -0.2) is 4.79 Å². The van der Waals surface area contributed by atoms with Crippen LogP contribution in [0.4, 0.5) is 5.69 Å². The summed E-state index contributed by atoms with van der Waals surface area (Å²) in [7, 11) is 1.68. The Bertz CT molecular complexity index is 1140. The average Bonchev–Trinajstić information content (AvgIpc) is 3.38. The third-order valence-corrected chi connectivity index (χ3v) is 7.35. The highest BCUT2D eigenvalue weighted by molar-refractivity contribution is 7.10. The maximum absolute atomic E-state index is 13.1. The van der Waals surface area contributed by atoms with Gasteiger partial charge in [-0.15, -0.1) is 11.3 Å². The number of dihydropyridines is 1. The van der Waals surface area contributed by atoms with E-state index in [0.717, 1.165) is 42.5 Å². The first kappa shape index (κ1) is 24.7. The second-order valence-corrected chi connectivity index (χ2v) is 9.50. The Balaban J connectivity index is 1.36. The number of nitro groups is 1. The van der Waals surface area contributed by atoms with E-state index in [9.17, 15) is 14.9 Å². The van der Waals surface area contributed by atoms with Gasteiger partial charge in [-0.05, 0) is 37.4 Å². The number of rotatable bonds is 8. The number of carbonyl (C=O) groups excluding carboxylic acids is 1. The van der Waals surface area contributed by atoms with Gasteiger partial charge in [0.15, 0.2) is 0 Å². The summed E-state index contributed by atoms with van der Waals surface area (Å²) in [5.41, 5.74) is 2.39. The number of piperazine rings is 1. The van der Waals surface area contributed by atoms with Crippen LogP contribution in [0, 0.1) is 10.1 Å². The molecule has 1 atom stereocenters. The smallest absolute Gasteiger partial charge is 0.337 e. The topological polar surface area (TPSA) is 97.2 Å². The van der Waals surface area contributed by atoms with Gasteiger partial charge in [-0.2, -0.15) is 0 Å². The van der Waals surface area contributed by atoms with E-state index in [-0.39, 0.29) is 12.3 Å². The minimum absolute atomic E-state index is 0.0162. The van der Waals surface area contributed by atoms with Crippen molar-refractivity contribution < 1.29 is 19.2 Å². The summed E-state index contributed by atoms with van der Waals surface area (Å²) >= 11 is 1.39. The van der Waals surface area contributed by atoms with E-state index >= 15 is 0 Å². The van der Waals surface area contributed by atoms with Gasteiger partial charge in [0.25, 0.3) is 5.70 Å². The Kier molecular flexibility index (Phi) is 7.72. The molecule has 0 radical (unpaired) electrons. The lowest BCUT2D eigenvalue weighted by Gasteiger charge is -2.36. The number of carbonyl (C=O) groups is 1. The van der Waals surface area contributed by atoms with Gasteiger partial charge in [-0.3, -0.25) is 15.0 Å². The lowest BCUT2D eigenvalue weighted by atomic mass is 9.88. The summed E-state index contributed by atoms with van der Waals surface area (Å²) in [4.78, 5) is 29.9. The summed E-state index contributed by atoms with van der Waals surface area (Å²) in [6, 6.07) is 11.6. The predicted octanol–water partition coefficient (Wildman–Crippen LogP) is 3.59. The van der Waals surface area contributed by atoms with Gasteiger partial charge in [-0.1, -0.05) is 18.2 Å². The minimum Gasteiger partial charge on any atom is -0.495 e. The van der Waals surface area contributed by atoms with Crippen LogP contribution in [0.3, 0.4) is 0 Å². The van der Waals surface area contributed by atoms with Crippen molar-refractivity contribution in [1.82, 2.24) is 10.2 Å². The molecule has 0 amide bonds. The van der Waals surface area contributed by atoms with Gasteiger partial charge in [0.1, 0.15) is 18.3 Å². The Morgan fingerprint density at radius 1 is 1.14 bits per heavy atom. The number of esters is 1. The molecule has 1 aromatic heterocycles. The van der Waals surface area contributed by atoms with Crippen LogP contribution in [0.5, 0.6) is 5.75 Å². The van der Waals surface area contributed by atoms with Gasteiger partial charge in [0.05, 0.1) is 29.0 Å². The van der Waals surface area contributed by atoms with Gasteiger partial charge in [0.2, 0.25) is 0 Å². The van der Waals surface area contributed by atoms with Crippen LogP contribution in [0.25, 0.3) is 0 Å². The molecule has 186 valence electrons. The van der Waals surface area contributed by atoms with Gasteiger partial charge >= 0.3 is 5.97 Å². The number of benzene rings is 1. The van der Waals surface area contributed by atoms with Crippen molar-refractivity contribution >= 4 is 23.0 Å². The third-order valence-electron chi connectivity index (χ3n) is 6.41. The fourth-order valence-corrected chi connectivity index (χ4v) is 5.51. The minimum atomic E-state index is -0.747. The molecular weight excluding hydrogens is 468 g/mol. The quantitative estimate of drug-likeness (QED) is 0.335. The molecular formula is C25H30N4O5S. The normalized spacial score (nSPS) is 18.9. The second kappa shape index (κ2) is 10.9. The second-order valence-electron chi connectivity index (χ2n) is 8.52. The molecule has 35 heavy (non-hydrogen) atoms. The number of allylic oxidation sites excluding steroid dienone is 3. The number of hydrogen-bond acceptors (Lipinski definition) is 9. The molecule has 3 heterocycles. The van der Waals surface area contributed by atoms with E-state index in [1.165, 1.54) is 11.3 Å². The van der Waals surface area contributed by atoms with Crippen LogP contribution >= 0.6 is 11.3 Å². The summed E-state index contributed by atoms with van der Waals surface area (Å²) < 4.78 is 11.1. The van der Waals surface area contributed by atoms with Crippen molar-refractivity contribution in [2.75, 3.05) is 51.3 Å². The molecule has 2 aromatic rings. The maximum Gasteiger partial charge on any atom is 0.337 e. The lowest BCUT2D eigenvalue weighted by Crippen LogP contribution is -2.47. The monoisotopic (exact) mass is 498 g/mol. The molecule has 2 aliphatic rings. The first-order valence-electron chi connectivity index (χ1n) is 11.5. The van der Waals surface area contributed by atoms with Crippen LogP contribution in [0.1, 0.15) is 24.6 Å². The van der Waals surface area contributed by atoms with E-state index in [0.29, 0.717) is 23.5 Å². The van der Waals surface area contributed by atoms with Crippen LogP contribution in [-0.2, 0) is 9.53 Å². The average molecular weight is 499 g/mol. The lowest BCUT2D eigenvalue weighted by molar-refractivity contribution is -0.430. The van der Waals surface area contributed by atoms with E-state index in [1.807, 2.05) is 35.7 Å². The zero-order valence-electron chi connectivity index (χ0n) is 20.2. The molecule has 1 fully saturated rings. The zero-order valence-corrected chi connectivity index (χ0v) is 21.0. The van der Waals surface area contributed by atoms with Crippen molar-refractivity contribution in [3.8, 4) is 5.75 Å². The summed E-state index contributed by atoms with van der Waals surface area (Å²) in [6.45, 7) is 7.61. The van der Waals surface area contributed by atoms with E-state index in [4.69, 9.17) is 9.47 Å². The number of methoxy groups -OCH3 is 1.